The Morgan fingerprint density at radius 2 is 2.13 bits per heavy atom. The van der Waals surface area contributed by atoms with Crippen LogP contribution in [0.25, 0.3) is 0 Å². The summed E-state index contributed by atoms with van der Waals surface area (Å²) in [6.07, 6.45) is 5.75. The monoisotopic (exact) mass is 206 g/mol. The summed E-state index contributed by atoms with van der Waals surface area (Å²) in [4.78, 5) is 15.7. The van der Waals surface area contributed by atoms with Gasteiger partial charge in [-0.2, -0.15) is 0 Å². The van der Waals surface area contributed by atoms with Crippen molar-refractivity contribution < 1.29 is 4.79 Å². The second-order valence-corrected chi connectivity index (χ2v) is 3.83. The highest BCUT2D eigenvalue weighted by molar-refractivity contribution is 5.82. The van der Waals surface area contributed by atoms with Crippen LogP contribution in [0, 0.1) is 5.92 Å². The van der Waals surface area contributed by atoms with E-state index in [1.807, 2.05) is 19.1 Å². The number of Topliss-reactive ketones (excluding diaryl/α,β-unsaturated/α-hetero) is 1. The van der Waals surface area contributed by atoms with E-state index in [9.17, 15) is 4.79 Å². The topological polar surface area (TPSA) is 56.0 Å². The third-order valence-electron chi connectivity index (χ3n) is 2.52. The number of ketones is 1. The molecule has 0 amide bonds. The number of aromatic nitrogens is 1. The molecule has 0 aliphatic rings. The van der Waals surface area contributed by atoms with Gasteiger partial charge in [-0.3, -0.25) is 9.78 Å². The summed E-state index contributed by atoms with van der Waals surface area (Å²) in [5.41, 5.74) is 6.45. The van der Waals surface area contributed by atoms with Crippen molar-refractivity contribution in [2.45, 2.75) is 26.2 Å². The van der Waals surface area contributed by atoms with Crippen LogP contribution < -0.4 is 5.73 Å². The van der Waals surface area contributed by atoms with Crippen molar-refractivity contribution >= 4 is 5.78 Å². The third-order valence-corrected chi connectivity index (χ3v) is 2.52. The van der Waals surface area contributed by atoms with Gasteiger partial charge in [0.1, 0.15) is 5.78 Å². The average Bonchev–Trinajstić information content (AvgIpc) is 2.27. The van der Waals surface area contributed by atoms with Crippen molar-refractivity contribution in [1.29, 1.82) is 0 Å². The lowest BCUT2D eigenvalue weighted by molar-refractivity contribution is -0.121. The number of rotatable bonds is 6. The molecule has 0 aliphatic heterocycles. The zero-order chi connectivity index (χ0) is 11.1. The normalized spacial score (nSPS) is 12.4. The van der Waals surface area contributed by atoms with E-state index in [2.05, 4.69) is 4.98 Å². The van der Waals surface area contributed by atoms with Gasteiger partial charge in [0.15, 0.2) is 0 Å². The Hall–Kier alpha value is -1.22. The molecule has 0 saturated carbocycles. The number of pyridine rings is 1. The zero-order valence-corrected chi connectivity index (χ0v) is 9.15. The lowest BCUT2D eigenvalue weighted by Crippen LogP contribution is -2.15. The highest BCUT2D eigenvalue weighted by Crippen LogP contribution is 2.10. The molecule has 0 aliphatic carbocycles. The van der Waals surface area contributed by atoms with Gasteiger partial charge in [0.25, 0.3) is 0 Å². The lowest BCUT2D eigenvalue weighted by Gasteiger charge is -2.09. The molecule has 0 saturated heterocycles. The molecule has 3 heteroatoms. The van der Waals surface area contributed by atoms with Gasteiger partial charge in [-0.25, -0.2) is 0 Å². The molecule has 1 atom stereocenters. The summed E-state index contributed by atoms with van der Waals surface area (Å²) in [5.74, 6) is 0.399. The molecule has 1 aromatic rings. The molecule has 1 unspecified atom stereocenters. The minimum absolute atomic E-state index is 0.113. The first kappa shape index (κ1) is 11.9. The lowest BCUT2D eigenvalue weighted by atomic mass is 9.96. The first-order valence-electron chi connectivity index (χ1n) is 5.35. The van der Waals surface area contributed by atoms with Crippen LogP contribution in [-0.4, -0.2) is 17.3 Å². The van der Waals surface area contributed by atoms with E-state index in [1.54, 1.807) is 12.4 Å². The Morgan fingerprint density at radius 3 is 2.73 bits per heavy atom. The Kier molecular flexibility index (Phi) is 4.98. The van der Waals surface area contributed by atoms with Crippen LogP contribution in [0.1, 0.15) is 25.3 Å². The fourth-order valence-corrected chi connectivity index (χ4v) is 1.46. The van der Waals surface area contributed by atoms with Crippen LogP contribution in [0.4, 0.5) is 0 Å². The summed E-state index contributed by atoms with van der Waals surface area (Å²) >= 11 is 0. The molecule has 2 N–H and O–H groups in total. The van der Waals surface area contributed by atoms with Crippen molar-refractivity contribution in [3.05, 3.63) is 30.1 Å². The van der Waals surface area contributed by atoms with Crippen molar-refractivity contribution in [1.82, 2.24) is 4.98 Å². The fraction of sp³-hybridized carbons (Fsp3) is 0.500. The minimum atomic E-state index is 0.113. The molecule has 1 rings (SSSR count). The second-order valence-electron chi connectivity index (χ2n) is 3.83. The predicted molar refractivity (Wildman–Crippen MR) is 60.4 cm³/mol. The summed E-state index contributed by atoms with van der Waals surface area (Å²) in [7, 11) is 0. The molecule has 0 spiro atoms. The Labute approximate surface area is 90.7 Å². The second kappa shape index (κ2) is 6.30. The van der Waals surface area contributed by atoms with Gasteiger partial charge in [-0.1, -0.05) is 6.92 Å². The quantitative estimate of drug-likeness (QED) is 0.768. The van der Waals surface area contributed by atoms with Crippen LogP contribution in [-0.2, 0) is 11.2 Å². The SMILES string of the molecule is CC(CCCN)C(=O)Cc1ccncc1. The molecule has 0 radical (unpaired) electrons. The molecular weight excluding hydrogens is 188 g/mol. The maximum atomic E-state index is 11.8. The van der Waals surface area contributed by atoms with Crippen molar-refractivity contribution in [3.8, 4) is 0 Å². The largest absolute Gasteiger partial charge is 0.330 e. The summed E-state index contributed by atoms with van der Waals surface area (Å²) in [6.45, 7) is 2.63. The molecule has 0 aromatic carbocycles. The van der Waals surface area contributed by atoms with E-state index in [4.69, 9.17) is 5.73 Å². The summed E-state index contributed by atoms with van der Waals surface area (Å²) in [5, 5.41) is 0. The van der Waals surface area contributed by atoms with Crippen LogP contribution in [0.15, 0.2) is 24.5 Å². The number of carbonyl (C=O) groups excluding carboxylic acids is 1. The Balaban J connectivity index is 2.42. The molecule has 1 heterocycles. The van der Waals surface area contributed by atoms with E-state index in [0.29, 0.717) is 13.0 Å². The molecule has 1 aromatic heterocycles. The molecule has 0 bridgehead atoms. The van der Waals surface area contributed by atoms with Crippen LogP contribution in [0.2, 0.25) is 0 Å². The molecule has 3 nitrogen and oxygen atoms in total. The van der Waals surface area contributed by atoms with E-state index < -0.39 is 0 Å². The maximum Gasteiger partial charge on any atom is 0.140 e. The fourth-order valence-electron chi connectivity index (χ4n) is 1.46. The van der Waals surface area contributed by atoms with E-state index in [0.717, 1.165) is 18.4 Å². The van der Waals surface area contributed by atoms with Gasteiger partial charge in [0.2, 0.25) is 0 Å². The molecule has 0 fully saturated rings. The van der Waals surface area contributed by atoms with Gasteiger partial charge >= 0.3 is 0 Å². The standard InChI is InChI=1S/C12H18N2O/c1-10(3-2-6-13)12(15)9-11-4-7-14-8-5-11/h4-5,7-8,10H,2-3,6,9,13H2,1H3. The maximum absolute atomic E-state index is 11.8. The van der Waals surface area contributed by atoms with Gasteiger partial charge in [0.05, 0.1) is 0 Å². The van der Waals surface area contributed by atoms with Crippen LogP contribution >= 0.6 is 0 Å². The first-order chi connectivity index (χ1) is 7.24. The Bertz CT molecular complexity index is 298. The highest BCUT2D eigenvalue weighted by atomic mass is 16.1. The van der Waals surface area contributed by atoms with Crippen molar-refractivity contribution in [3.63, 3.8) is 0 Å². The number of nitrogens with zero attached hydrogens (tertiary/aromatic N) is 1. The minimum Gasteiger partial charge on any atom is -0.330 e. The molecule has 82 valence electrons. The van der Waals surface area contributed by atoms with Gasteiger partial charge in [-0.05, 0) is 37.1 Å². The number of hydrogen-bond acceptors (Lipinski definition) is 3. The van der Waals surface area contributed by atoms with E-state index in [-0.39, 0.29) is 11.7 Å². The van der Waals surface area contributed by atoms with Gasteiger partial charge < -0.3 is 5.73 Å². The van der Waals surface area contributed by atoms with Crippen LogP contribution in [0.5, 0.6) is 0 Å². The molecular formula is C12H18N2O. The number of carbonyl (C=O) groups is 1. The van der Waals surface area contributed by atoms with Crippen molar-refractivity contribution in [2.24, 2.45) is 11.7 Å². The van der Waals surface area contributed by atoms with Crippen molar-refractivity contribution in [2.75, 3.05) is 6.54 Å². The first-order valence-corrected chi connectivity index (χ1v) is 5.35. The molecule has 15 heavy (non-hydrogen) atoms. The average molecular weight is 206 g/mol. The highest BCUT2D eigenvalue weighted by Gasteiger charge is 2.12. The van der Waals surface area contributed by atoms with Gasteiger partial charge in [0, 0.05) is 24.7 Å². The number of nitrogens with two attached hydrogens (primary N) is 1. The number of hydrogen-bond donors (Lipinski definition) is 1. The third kappa shape index (κ3) is 4.21. The van der Waals surface area contributed by atoms with E-state index >= 15 is 0 Å². The Morgan fingerprint density at radius 1 is 1.47 bits per heavy atom. The van der Waals surface area contributed by atoms with Gasteiger partial charge in [-0.15, -0.1) is 0 Å². The summed E-state index contributed by atoms with van der Waals surface area (Å²) < 4.78 is 0. The zero-order valence-electron chi connectivity index (χ0n) is 9.15. The summed E-state index contributed by atoms with van der Waals surface area (Å²) in [6, 6.07) is 3.76. The van der Waals surface area contributed by atoms with Crippen LogP contribution in [0.3, 0.4) is 0 Å². The smallest absolute Gasteiger partial charge is 0.140 e. The van der Waals surface area contributed by atoms with E-state index in [1.165, 1.54) is 0 Å². The predicted octanol–water partition coefficient (Wildman–Crippen LogP) is 1.57.